The zero-order chi connectivity index (χ0) is 12.3. The maximum Gasteiger partial charge on any atom is 0.164 e. The lowest BCUT2D eigenvalue weighted by molar-refractivity contribution is 0.493. The number of hydrogen-bond acceptors (Lipinski definition) is 2. The van der Waals surface area contributed by atoms with Crippen molar-refractivity contribution < 1.29 is 4.42 Å². The summed E-state index contributed by atoms with van der Waals surface area (Å²) in [5.74, 6) is 1.52. The molecule has 1 N–H and O–H groups in total. The van der Waals surface area contributed by atoms with Gasteiger partial charge in [0.2, 0.25) is 0 Å². The summed E-state index contributed by atoms with van der Waals surface area (Å²) in [4.78, 5) is 0. The van der Waals surface area contributed by atoms with E-state index in [2.05, 4.69) is 66.0 Å². The second kappa shape index (κ2) is 5.58. The second-order valence-electron chi connectivity index (χ2n) is 4.34. The summed E-state index contributed by atoms with van der Waals surface area (Å²) in [6.07, 6.45) is 0. The normalized spacial score (nSPS) is 10.8. The summed E-state index contributed by atoms with van der Waals surface area (Å²) in [5, 5.41) is 3.37. The Bertz CT molecular complexity index is 490. The Kier molecular flexibility index (Phi) is 4.10. The lowest BCUT2D eigenvalue weighted by Crippen LogP contribution is -1.99. The molecule has 3 heteroatoms. The zero-order valence-corrected chi connectivity index (χ0v) is 12.2. The molecule has 0 amide bonds. The molecular formula is C14H16INO. The number of rotatable bonds is 4. The van der Waals surface area contributed by atoms with Crippen LogP contribution in [0, 0.1) is 3.77 Å². The average molecular weight is 341 g/mol. The quantitative estimate of drug-likeness (QED) is 0.821. The maximum atomic E-state index is 5.51. The van der Waals surface area contributed by atoms with Crippen molar-refractivity contribution in [2.75, 3.05) is 5.32 Å². The van der Waals surface area contributed by atoms with Crippen molar-refractivity contribution in [2.24, 2.45) is 0 Å². The first-order valence-corrected chi connectivity index (χ1v) is 6.81. The second-order valence-corrected chi connectivity index (χ2v) is 5.40. The standard InChI is InChI=1S/C14H16INO/c1-10(2)11-4-3-5-12(8-11)16-9-13-6-7-14(15)17-13/h3-8,10,16H,9H2,1-2H3. The van der Waals surface area contributed by atoms with Gasteiger partial charge in [0.15, 0.2) is 3.77 Å². The summed E-state index contributed by atoms with van der Waals surface area (Å²) in [7, 11) is 0. The highest BCUT2D eigenvalue weighted by Gasteiger charge is 2.02. The third kappa shape index (κ3) is 3.49. The van der Waals surface area contributed by atoms with E-state index in [-0.39, 0.29) is 0 Å². The number of anilines is 1. The minimum atomic E-state index is 0.557. The number of hydrogen-bond donors (Lipinski definition) is 1. The van der Waals surface area contributed by atoms with Gasteiger partial charge >= 0.3 is 0 Å². The van der Waals surface area contributed by atoms with Gasteiger partial charge in [-0.25, -0.2) is 0 Å². The van der Waals surface area contributed by atoms with Crippen LogP contribution in [0.25, 0.3) is 0 Å². The third-order valence-electron chi connectivity index (χ3n) is 2.65. The zero-order valence-electron chi connectivity index (χ0n) is 10.0. The lowest BCUT2D eigenvalue weighted by atomic mass is 10.0. The van der Waals surface area contributed by atoms with Crippen molar-refractivity contribution in [3.8, 4) is 0 Å². The van der Waals surface area contributed by atoms with Gasteiger partial charge < -0.3 is 9.73 Å². The lowest BCUT2D eigenvalue weighted by Gasteiger charge is -2.09. The average Bonchev–Trinajstić information content (AvgIpc) is 2.73. The number of halogens is 1. The topological polar surface area (TPSA) is 25.2 Å². The van der Waals surface area contributed by atoms with E-state index < -0.39 is 0 Å². The molecule has 0 aliphatic heterocycles. The molecule has 1 aromatic heterocycles. The minimum Gasteiger partial charge on any atom is -0.454 e. The van der Waals surface area contributed by atoms with Gasteiger partial charge in [-0.3, -0.25) is 0 Å². The molecule has 2 aromatic rings. The number of furan rings is 1. The molecule has 17 heavy (non-hydrogen) atoms. The van der Waals surface area contributed by atoms with Gasteiger partial charge in [0.1, 0.15) is 5.76 Å². The van der Waals surface area contributed by atoms with Crippen LogP contribution in [-0.2, 0) is 6.54 Å². The van der Waals surface area contributed by atoms with Gasteiger partial charge in [-0.1, -0.05) is 26.0 Å². The fraction of sp³-hybridized carbons (Fsp3) is 0.286. The molecule has 0 unspecified atom stereocenters. The Morgan fingerprint density at radius 1 is 1.24 bits per heavy atom. The van der Waals surface area contributed by atoms with Gasteiger partial charge in [0.05, 0.1) is 6.54 Å². The molecule has 1 heterocycles. The van der Waals surface area contributed by atoms with Crippen LogP contribution in [0.3, 0.4) is 0 Å². The van der Waals surface area contributed by atoms with Gasteiger partial charge in [0.25, 0.3) is 0 Å². The SMILES string of the molecule is CC(C)c1cccc(NCc2ccc(I)o2)c1. The van der Waals surface area contributed by atoms with Crippen molar-refractivity contribution in [3.63, 3.8) is 0 Å². The Morgan fingerprint density at radius 3 is 2.71 bits per heavy atom. The molecule has 1 aromatic carbocycles. The van der Waals surface area contributed by atoms with Crippen molar-refractivity contribution in [3.05, 3.63) is 51.5 Å². The van der Waals surface area contributed by atoms with Crippen LogP contribution in [-0.4, -0.2) is 0 Å². The first-order chi connectivity index (χ1) is 8.15. The fourth-order valence-electron chi connectivity index (χ4n) is 1.64. The molecule has 0 aliphatic carbocycles. The molecule has 0 bridgehead atoms. The number of nitrogens with one attached hydrogen (secondary N) is 1. The first-order valence-electron chi connectivity index (χ1n) is 5.73. The maximum absolute atomic E-state index is 5.51. The molecule has 2 nitrogen and oxygen atoms in total. The Morgan fingerprint density at radius 2 is 2.06 bits per heavy atom. The predicted octanol–water partition coefficient (Wildman–Crippen LogP) is 4.62. The van der Waals surface area contributed by atoms with Crippen LogP contribution < -0.4 is 5.32 Å². The molecule has 90 valence electrons. The van der Waals surface area contributed by atoms with E-state index in [1.165, 1.54) is 5.56 Å². The van der Waals surface area contributed by atoms with Gasteiger partial charge in [-0.15, -0.1) is 0 Å². The van der Waals surface area contributed by atoms with E-state index >= 15 is 0 Å². The van der Waals surface area contributed by atoms with Crippen molar-refractivity contribution in [1.82, 2.24) is 0 Å². The van der Waals surface area contributed by atoms with Crippen LogP contribution in [0.1, 0.15) is 31.1 Å². The molecule has 0 saturated heterocycles. The molecule has 0 saturated carbocycles. The van der Waals surface area contributed by atoms with E-state index in [1.54, 1.807) is 0 Å². The highest BCUT2D eigenvalue weighted by Crippen LogP contribution is 2.19. The van der Waals surface area contributed by atoms with E-state index in [0.717, 1.165) is 21.8 Å². The summed E-state index contributed by atoms with van der Waals surface area (Å²) in [5.41, 5.74) is 2.49. The molecule has 0 spiro atoms. The Hall–Kier alpha value is -0.970. The van der Waals surface area contributed by atoms with Crippen LogP contribution in [0.15, 0.2) is 40.8 Å². The molecule has 2 rings (SSSR count). The van der Waals surface area contributed by atoms with Crippen molar-refractivity contribution >= 4 is 28.3 Å². The van der Waals surface area contributed by atoms with Crippen molar-refractivity contribution in [2.45, 2.75) is 26.3 Å². The third-order valence-corrected chi connectivity index (χ3v) is 3.23. The van der Waals surface area contributed by atoms with Crippen LogP contribution >= 0.6 is 22.6 Å². The van der Waals surface area contributed by atoms with Crippen LogP contribution in [0.4, 0.5) is 5.69 Å². The van der Waals surface area contributed by atoms with Crippen LogP contribution in [0.5, 0.6) is 0 Å². The van der Waals surface area contributed by atoms with E-state index in [9.17, 15) is 0 Å². The van der Waals surface area contributed by atoms with E-state index in [4.69, 9.17) is 4.42 Å². The highest BCUT2D eigenvalue weighted by atomic mass is 127. The smallest absolute Gasteiger partial charge is 0.164 e. The van der Waals surface area contributed by atoms with E-state index in [0.29, 0.717) is 5.92 Å². The molecule has 0 aliphatic rings. The molecule has 0 fully saturated rings. The van der Waals surface area contributed by atoms with Crippen LogP contribution in [0.2, 0.25) is 0 Å². The van der Waals surface area contributed by atoms with Gasteiger partial charge in [-0.2, -0.15) is 0 Å². The summed E-state index contributed by atoms with van der Waals surface area (Å²) in [6, 6.07) is 12.5. The minimum absolute atomic E-state index is 0.557. The molecule has 0 radical (unpaired) electrons. The summed E-state index contributed by atoms with van der Waals surface area (Å²) in [6.45, 7) is 5.13. The highest BCUT2D eigenvalue weighted by molar-refractivity contribution is 14.1. The first kappa shape index (κ1) is 12.5. The van der Waals surface area contributed by atoms with Crippen molar-refractivity contribution in [1.29, 1.82) is 0 Å². The summed E-state index contributed by atoms with van der Waals surface area (Å²) >= 11 is 2.17. The Labute approximate surface area is 116 Å². The molecule has 0 atom stereocenters. The number of benzene rings is 1. The van der Waals surface area contributed by atoms with Gasteiger partial charge in [0, 0.05) is 5.69 Å². The van der Waals surface area contributed by atoms with E-state index in [1.807, 2.05) is 12.1 Å². The van der Waals surface area contributed by atoms with Gasteiger partial charge in [-0.05, 0) is 58.3 Å². The fourth-order valence-corrected chi connectivity index (χ4v) is 2.11. The largest absolute Gasteiger partial charge is 0.454 e. The monoisotopic (exact) mass is 341 g/mol. The molecular weight excluding hydrogens is 325 g/mol. The predicted molar refractivity (Wildman–Crippen MR) is 79.3 cm³/mol. The summed E-state index contributed by atoms with van der Waals surface area (Å²) < 4.78 is 6.43. The Balaban J connectivity index is 2.01.